The third kappa shape index (κ3) is 3.08. The number of benzene rings is 1. The van der Waals surface area contributed by atoms with Crippen LogP contribution < -0.4 is 5.32 Å². The van der Waals surface area contributed by atoms with Crippen molar-refractivity contribution in [2.45, 2.75) is 36.2 Å². The quantitative estimate of drug-likeness (QED) is 0.809. The number of nitrogens with zero attached hydrogens (tertiary/aromatic N) is 1. The number of hydrogen-bond donors (Lipinski definition) is 1. The zero-order valence-electron chi connectivity index (χ0n) is 12.9. The molecule has 0 aliphatic carbocycles. The molecule has 2 bridgehead atoms. The highest BCUT2D eigenvalue weighted by molar-refractivity contribution is 7.89. The first kappa shape index (κ1) is 17.7. The minimum Gasteiger partial charge on any atom is -0.354 e. The second-order valence-corrected chi connectivity index (χ2v) is 8.81. The van der Waals surface area contributed by atoms with Gasteiger partial charge in [0.1, 0.15) is 6.04 Å². The van der Waals surface area contributed by atoms with Gasteiger partial charge in [-0.1, -0.05) is 29.3 Å². The lowest BCUT2D eigenvalue weighted by Gasteiger charge is -2.40. The van der Waals surface area contributed by atoms with Crippen LogP contribution >= 0.6 is 23.2 Å². The molecule has 8 heteroatoms. The van der Waals surface area contributed by atoms with Crippen LogP contribution in [0, 0.1) is 5.92 Å². The van der Waals surface area contributed by atoms with Crippen molar-refractivity contribution >= 4 is 39.1 Å². The van der Waals surface area contributed by atoms with Crippen LogP contribution in [0.15, 0.2) is 35.7 Å². The summed E-state index contributed by atoms with van der Waals surface area (Å²) in [6, 6.07) is 3.19. The van der Waals surface area contributed by atoms with E-state index in [1.807, 2.05) is 0 Å². The van der Waals surface area contributed by atoms with Crippen molar-refractivity contribution in [2.75, 3.05) is 6.54 Å². The highest BCUT2D eigenvalue weighted by Crippen LogP contribution is 2.36. The van der Waals surface area contributed by atoms with Crippen LogP contribution in [0.1, 0.15) is 19.3 Å². The first-order valence-corrected chi connectivity index (χ1v) is 9.94. The van der Waals surface area contributed by atoms with E-state index in [0.717, 1.165) is 6.42 Å². The Labute approximate surface area is 151 Å². The van der Waals surface area contributed by atoms with Crippen LogP contribution in [0.4, 0.5) is 0 Å². The number of amides is 1. The SMILES string of the molecule is C=C[C@H]1CNC(=O)[C@@H]2CCC[C@H]1N2S(=O)(=O)c1cc(Cl)cc(Cl)c1. The Balaban J connectivity index is 2.12. The van der Waals surface area contributed by atoms with Gasteiger partial charge in [0.05, 0.1) is 4.90 Å². The third-order valence-corrected chi connectivity index (χ3v) is 6.98. The van der Waals surface area contributed by atoms with E-state index >= 15 is 0 Å². The highest BCUT2D eigenvalue weighted by atomic mass is 35.5. The molecule has 0 radical (unpaired) electrons. The van der Waals surface area contributed by atoms with Crippen molar-refractivity contribution in [2.24, 2.45) is 5.92 Å². The summed E-state index contributed by atoms with van der Waals surface area (Å²) in [6.45, 7) is 4.20. The molecule has 3 atom stereocenters. The summed E-state index contributed by atoms with van der Waals surface area (Å²) < 4.78 is 27.9. The number of nitrogens with one attached hydrogen (secondary N) is 1. The summed E-state index contributed by atoms with van der Waals surface area (Å²) in [4.78, 5) is 12.4. The standard InChI is InChI=1S/C16H18Cl2N2O3S/c1-2-10-9-19-16(21)15-5-3-4-14(10)20(15)24(22,23)13-7-11(17)6-12(18)8-13/h2,6-8,10,14-15H,1,3-5,9H2,(H,19,21)/t10-,14+,15-/m0/s1. The fourth-order valence-electron chi connectivity index (χ4n) is 3.51. The fourth-order valence-corrected chi connectivity index (χ4v) is 6.12. The first-order chi connectivity index (χ1) is 11.3. The number of fused-ring (bicyclic) bond motifs is 2. The van der Waals surface area contributed by atoms with Gasteiger partial charge in [0.2, 0.25) is 15.9 Å². The monoisotopic (exact) mass is 388 g/mol. The minimum absolute atomic E-state index is 0.00872. The van der Waals surface area contributed by atoms with E-state index in [1.165, 1.54) is 22.5 Å². The maximum absolute atomic E-state index is 13.3. The average molecular weight is 389 g/mol. The lowest BCUT2D eigenvalue weighted by Crippen LogP contribution is -2.54. The van der Waals surface area contributed by atoms with Gasteiger partial charge in [-0.15, -0.1) is 6.58 Å². The molecule has 2 aliphatic heterocycles. The Morgan fingerprint density at radius 1 is 1.21 bits per heavy atom. The Morgan fingerprint density at radius 2 is 1.88 bits per heavy atom. The molecule has 1 N–H and O–H groups in total. The molecule has 3 rings (SSSR count). The molecule has 2 heterocycles. The van der Waals surface area contributed by atoms with Crippen LogP contribution in [0.2, 0.25) is 10.0 Å². The van der Waals surface area contributed by atoms with Crippen LogP contribution in [-0.2, 0) is 14.8 Å². The van der Waals surface area contributed by atoms with Gasteiger partial charge in [0.15, 0.2) is 0 Å². The number of sulfonamides is 1. The molecule has 5 nitrogen and oxygen atoms in total. The van der Waals surface area contributed by atoms with E-state index in [2.05, 4.69) is 11.9 Å². The van der Waals surface area contributed by atoms with Crippen LogP contribution in [-0.4, -0.2) is 37.3 Å². The third-order valence-electron chi connectivity index (χ3n) is 4.63. The number of carbonyl (C=O) groups excluding carboxylic acids is 1. The number of piperidine rings is 1. The van der Waals surface area contributed by atoms with Crippen LogP contribution in [0.25, 0.3) is 0 Å². The van der Waals surface area contributed by atoms with Crippen LogP contribution in [0.5, 0.6) is 0 Å². The molecular weight excluding hydrogens is 371 g/mol. The van der Waals surface area contributed by atoms with Crippen molar-refractivity contribution in [1.29, 1.82) is 0 Å². The predicted octanol–water partition coefficient (Wildman–Crippen LogP) is 2.84. The zero-order valence-corrected chi connectivity index (χ0v) is 15.2. The summed E-state index contributed by atoms with van der Waals surface area (Å²) in [7, 11) is -3.91. The van der Waals surface area contributed by atoms with E-state index in [-0.39, 0.29) is 32.8 Å². The molecule has 1 aromatic rings. The summed E-state index contributed by atoms with van der Waals surface area (Å²) >= 11 is 11.9. The van der Waals surface area contributed by atoms with Crippen LogP contribution in [0.3, 0.4) is 0 Å². The van der Waals surface area contributed by atoms with E-state index in [9.17, 15) is 13.2 Å². The molecule has 1 aromatic carbocycles. The van der Waals surface area contributed by atoms with Crippen molar-refractivity contribution in [3.05, 3.63) is 40.9 Å². The van der Waals surface area contributed by atoms with Gasteiger partial charge in [-0.2, -0.15) is 4.31 Å². The lowest BCUT2D eigenvalue weighted by molar-refractivity contribution is -0.125. The summed E-state index contributed by atoms with van der Waals surface area (Å²) in [6.07, 6.45) is 3.71. The maximum atomic E-state index is 13.3. The topological polar surface area (TPSA) is 66.5 Å². The van der Waals surface area contributed by atoms with E-state index in [4.69, 9.17) is 23.2 Å². The van der Waals surface area contributed by atoms with Gasteiger partial charge in [-0.05, 0) is 37.5 Å². The molecule has 0 saturated carbocycles. The lowest BCUT2D eigenvalue weighted by atomic mass is 9.90. The smallest absolute Gasteiger partial charge is 0.244 e. The largest absolute Gasteiger partial charge is 0.354 e. The van der Waals surface area contributed by atoms with Crippen molar-refractivity contribution in [3.8, 4) is 0 Å². The molecule has 0 aromatic heterocycles. The molecule has 2 saturated heterocycles. The molecule has 2 aliphatic rings. The van der Waals surface area contributed by atoms with Gasteiger partial charge in [0, 0.05) is 28.5 Å². The minimum atomic E-state index is -3.91. The normalized spacial score (nSPS) is 28.1. The van der Waals surface area contributed by atoms with E-state index in [0.29, 0.717) is 19.4 Å². The average Bonchev–Trinajstić information content (AvgIpc) is 2.61. The Bertz CT molecular complexity index is 761. The fraction of sp³-hybridized carbons (Fsp3) is 0.438. The predicted molar refractivity (Wildman–Crippen MR) is 93.6 cm³/mol. The summed E-state index contributed by atoms with van der Waals surface area (Å²) in [5.41, 5.74) is 0. The van der Waals surface area contributed by atoms with Crippen molar-refractivity contribution < 1.29 is 13.2 Å². The Kier molecular flexibility index (Phi) is 4.93. The molecule has 0 unspecified atom stereocenters. The second kappa shape index (κ2) is 6.67. The zero-order chi connectivity index (χ0) is 17.5. The van der Waals surface area contributed by atoms with Gasteiger partial charge in [-0.3, -0.25) is 4.79 Å². The van der Waals surface area contributed by atoms with Gasteiger partial charge < -0.3 is 5.32 Å². The van der Waals surface area contributed by atoms with Gasteiger partial charge in [0.25, 0.3) is 0 Å². The maximum Gasteiger partial charge on any atom is 0.244 e. The van der Waals surface area contributed by atoms with Crippen molar-refractivity contribution in [3.63, 3.8) is 0 Å². The Hall–Kier alpha value is -1.08. The molecule has 0 spiro atoms. The molecule has 130 valence electrons. The number of hydrogen-bond acceptors (Lipinski definition) is 3. The molecule has 2 fully saturated rings. The molecule has 1 amide bonds. The van der Waals surface area contributed by atoms with E-state index in [1.54, 1.807) is 6.08 Å². The second-order valence-electron chi connectivity index (χ2n) is 6.10. The Morgan fingerprint density at radius 3 is 2.50 bits per heavy atom. The number of halogens is 2. The number of rotatable bonds is 3. The van der Waals surface area contributed by atoms with Gasteiger partial charge >= 0.3 is 0 Å². The van der Waals surface area contributed by atoms with E-state index < -0.39 is 16.1 Å². The highest BCUT2D eigenvalue weighted by Gasteiger charge is 2.47. The molecule has 24 heavy (non-hydrogen) atoms. The first-order valence-electron chi connectivity index (χ1n) is 7.74. The summed E-state index contributed by atoms with van der Waals surface area (Å²) in [5, 5.41) is 3.31. The van der Waals surface area contributed by atoms with Crippen molar-refractivity contribution in [1.82, 2.24) is 9.62 Å². The molecular formula is C16H18Cl2N2O3S. The van der Waals surface area contributed by atoms with Gasteiger partial charge in [-0.25, -0.2) is 8.42 Å². The number of carbonyl (C=O) groups is 1. The summed E-state index contributed by atoms with van der Waals surface area (Å²) in [5.74, 6) is -0.399.